The largest absolute Gasteiger partial charge is 0.508 e. The summed E-state index contributed by atoms with van der Waals surface area (Å²) in [6.45, 7) is 8.08. The van der Waals surface area contributed by atoms with Crippen LogP contribution in [0.15, 0.2) is 18.2 Å². The van der Waals surface area contributed by atoms with Crippen LogP contribution in [-0.4, -0.2) is 5.11 Å². The Hall–Kier alpha value is -1.42. The lowest BCUT2D eigenvalue weighted by Crippen LogP contribution is -2.04. The lowest BCUT2D eigenvalue weighted by Gasteiger charge is -2.16. The van der Waals surface area contributed by atoms with Crippen molar-refractivity contribution in [3.63, 3.8) is 0 Å². The number of phenols is 1. The van der Waals surface area contributed by atoms with Crippen molar-refractivity contribution in [3.8, 4) is 17.6 Å². The van der Waals surface area contributed by atoms with Gasteiger partial charge >= 0.3 is 0 Å². The molecule has 1 aromatic rings. The Morgan fingerprint density at radius 3 is 2.47 bits per heavy atom. The van der Waals surface area contributed by atoms with E-state index in [0.29, 0.717) is 17.6 Å². The summed E-state index contributed by atoms with van der Waals surface area (Å²) in [6.07, 6.45) is 0. The normalized spacial score (nSPS) is 13.9. The Morgan fingerprint density at radius 2 is 1.93 bits per heavy atom. The molecular weight excluding hydrogens is 184 g/mol. The minimum Gasteiger partial charge on any atom is -0.508 e. The number of aryl methyl sites for hydroxylation is 1. The minimum atomic E-state index is 0.346. The second kappa shape index (κ2) is 4.89. The van der Waals surface area contributed by atoms with Gasteiger partial charge in [0.15, 0.2) is 0 Å². The Bertz CT molecular complexity index is 396. The predicted octanol–water partition coefficient (Wildman–Crippen LogP) is 3.46. The average molecular weight is 202 g/mol. The van der Waals surface area contributed by atoms with Crippen LogP contribution in [-0.2, 0) is 0 Å². The molecule has 1 heteroatoms. The molecule has 0 bridgehead atoms. The molecule has 1 N–H and O–H groups in total. The van der Waals surface area contributed by atoms with E-state index in [2.05, 4.69) is 25.7 Å². The smallest absolute Gasteiger partial charge is 0.118 e. The van der Waals surface area contributed by atoms with Gasteiger partial charge in [-0.3, -0.25) is 0 Å². The van der Waals surface area contributed by atoms with Crippen LogP contribution in [0.25, 0.3) is 0 Å². The van der Waals surface area contributed by atoms with Crippen molar-refractivity contribution in [3.05, 3.63) is 29.3 Å². The monoisotopic (exact) mass is 202 g/mol. The van der Waals surface area contributed by atoms with E-state index in [4.69, 9.17) is 0 Å². The van der Waals surface area contributed by atoms with Crippen LogP contribution in [0.4, 0.5) is 0 Å². The van der Waals surface area contributed by atoms with Gasteiger partial charge in [0, 0.05) is 5.92 Å². The SMILES string of the molecule is CC#CC(C)C(C)c1ccc(O)c(C)c1. The molecule has 0 aliphatic carbocycles. The summed E-state index contributed by atoms with van der Waals surface area (Å²) in [5.74, 6) is 7.22. The van der Waals surface area contributed by atoms with E-state index < -0.39 is 0 Å². The molecule has 0 aliphatic rings. The van der Waals surface area contributed by atoms with Gasteiger partial charge in [-0.25, -0.2) is 0 Å². The van der Waals surface area contributed by atoms with Gasteiger partial charge in [0.05, 0.1) is 0 Å². The fourth-order valence-corrected chi connectivity index (χ4v) is 1.60. The molecule has 80 valence electrons. The molecule has 2 unspecified atom stereocenters. The first-order valence-electron chi connectivity index (χ1n) is 5.28. The zero-order chi connectivity index (χ0) is 11.4. The zero-order valence-electron chi connectivity index (χ0n) is 9.83. The Morgan fingerprint density at radius 1 is 1.27 bits per heavy atom. The first-order chi connectivity index (χ1) is 7.06. The van der Waals surface area contributed by atoms with Crippen LogP contribution < -0.4 is 0 Å². The van der Waals surface area contributed by atoms with E-state index in [-0.39, 0.29) is 0 Å². The highest BCUT2D eigenvalue weighted by atomic mass is 16.3. The molecule has 1 aromatic carbocycles. The van der Waals surface area contributed by atoms with Gasteiger partial charge in [0.1, 0.15) is 5.75 Å². The highest BCUT2D eigenvalue weighted by Crippen LogP contribution is 2.27. The molecule has 0 fully saturated rings. The van der Waals surface area contributed by atoms with E-state index >= 15 is 0 Å². The maximum Gasteiger partial charge on any atom is 0.118 e. The predicted molar refractivity (Wildman–Crippen MR) is 63.9 cm³/mol. The molecule has 0 radical (unpaired) electrons. The molecule has 1 rings (SSSR count). The van der Waals surface area contributed by atoms with Gasteiger partial charge in [-0.05, 0) is 37.0 Å². The van der Waals surface area contributed by atoms with Crippen LogP contribution >= 0.6 is 0 Å². The van der Waals surface area contributed by atoms with Crippen LogP contribution in [0.2, 0.25) is 0 Å². The fourth-order valence-electron chi connectivity index (χ4n) is 1.60. The van der Waals surface area contributed by atoms with E-state index in [1.165, 1.54) is 5.56 Å². The van der Waals surface area contributed by atoms with Crippen LogP contribution in [0.5, 0.6) is 5.75 Å². The van der Waals surface area contributed by atoms with Gasteiger partial charge < -0.3 is 5.11 Å². The van der Waals surface area contributed by atoms with Gasteiger partial charge in [-0.1, -0.05) is 31.9 Å². The summed E-state index contributed by atoms with van der Waals surface area (Å²) in [4.78, 5) is 0. The third-order valence-corrected chi connectivity index (χ3v) is 2.87. The van der Waals surface area contributed by atoms with Crippen molar-refractivity contribution < 1.29 is 5.11 Å². The molecule has 0 saturated carbocycles. The molecule has 2 atom stereocenters. The third kappa shape index (κ3) is 2.76. The van der Waals surface area contributed by atoms with E-state index in [9.17, 15) is 5.11 Å². The molecular formula is C14H18O. The van der Waals surface area contributed by atoms with Crippen molar-refractivity contribution >= 4 is 0 Å². The molecule has 0 aliphatic heterocycles. The van der Waals surface area contributed by atoms with Gasteiger partial charge in [0.25, 0.3) is 0 Å². The Kier molecular flexibility index (Phi) is 3.80. The quantitative estimate of drug-likeness (QED) is 0.728. The molecule has 0 spiro atoms. The number of hydrogen-bond donors (Lipinski definition) is 1. The second-order valence-corrected chi connectivity index (χ2v) is 4.02. The summed E-state index contributed by atoms with van der Waals surface area (Å²) >= 11 is 0. The van der Waals surface area contributed by atoms with Crippen molar-refractivity contribution in [1.29, 1.82) is 0 Å². The lowest BCUT2D eigenvalue weighted by molar-refractivity contribution is 0.470. The van der Waals surface area contributed by atoms with Crippen LogP contribution in [0.1, 0.15) is 37.8 Å². The number of rotatable bonds is 2. The lowest BCUT2D eigenvalue weighted by atomic mass is 9.88. The van der Waals surface area contributed by atoms with Crippen molar-refractivity contribution in [2.24, 2.45) is 5.92 Å². The Balaban J connectivity index is 2.94. The number of hydrogen-bond acceptors (Lipinski definition) is 1. The van der Waals surface area contributed by atoms with Gasteiger partial charge in [-0.2, -0.15) is 0 Å². The molecule has 1 nitrogen and oxygen atoms in total. The van der Waals surface area contributed by atoms with E-state index in [1.54, 1.807) is 6.07 Å². The first-order valence-corrected chi connectivity index (χ1v) is 5.28. The molecule has 0 heterocycles. The third-order valence-electron chi connectivity index (χ3n) is 2.87. The Labute approximate surface area is 92.1 Å². The van der Waals surface area contributed by atoms with E-state index in [1.807, 2.05) is 26.0 Å². The molecule has 0 amide bonds. The van der Waals surface area contributed by atoms with Crippen molar-refractivity contribution in [1.82, 2.24) is 0 Å². The van der Waals surface area contributed by atoms with Gasteiger partial charge in [0.2, 0.25) is 0 Å². The zero-order valence-corrected chi connectivity index (χ0v) is 9.83. The number of aromatic hydroxyl groups is 1. The minimum absolute atomic E-state index is 0.346. The van der Waals surface area contributed by atoms with Crippen molar-refractivity contribution in [2.45, 2.75) is 33.6 Å². The van der Waals surface area contributed by atoms with Gasteiger partial charge in [-0.15, -0.1) is 5.92 Å². The second-order valence-electron chi connectivity index (χ2n) is 4.02. The molecule has 15 heavy (non-hydrogen) atoms. The fraction of sp³-hybridized carbons (Fsp3) is 0.429. The summed E-state index contributed by atoms with van der Waals surface area (Å²) in [6, 6.07) is 5.77. The first kappa shape index (κ1) is 11.7. The summed E-state index contributed by atoms with van der Waals surface area (Å²) in [7, 11) is 0. The number of benzene rings is 1. The summed E-state index contributed by atoms with van der Waals surface area (Å²) < 4.78 is 0. The molecule has 0 aromatic heterocycles. The number of phenolic OH excluding ortho intramolecular Hbond substituents is 1. The maximum atomic E-state index is 9.44. The summed E-state index contributed by atoms with van der Waals surface area (Å²) in [5, 5.41) is 9.44. The highest BCUT2D eigenvalue weighted by Gasteiger charge is 2.12. The highest BCUT2D eigenvalue weighted by molar-refractivity contribution is 5.37. The van der Waals surface area contributed by atoms with Crippen molar-refractivity contribution in [2.75, 3.05) is 0 Å². The standard InChI is InChI=1S/C14H18O/c1-5-6-10(2)12(4)13-7-8-14(15)11(3)9-13/h7-10,12,15H,1-4H3. The molecule has 0 saturated heterocycles. The topological polar surface area (TPSA) is 20.2 Å². The van der Waals surface area contributed by atoms with Crippen LogP contribution in [0, 0.1) is 24.7 Å². The average Bonchev–Trinajstić information content (AvgIpc) is 2.21. The maximum absolute atomic E-state index is 9.44. The van der Waals surface area contributed by atoms with E-state index in [0.717, 1.165) is 5.56 Å². The summed E-state index contributed by atoms with van der Waals surface area (Å²) in [5.41, 5.74) is 2.16. The van der Waals surface area contributed by atoms with Crippen LogP contribution in [0.3, 0.4) is 0 Å².